The van der Waals surface area contributed by atoms with E-state index in [1.807, 2.05) is 6.92 Å². The largest absolute Gasteiger partial charge is 0.494 e. The van der Waals surface area contributed by atoms with E-state index in [2.05, 4.69) is 14.7 Å². The minimum absolute atomic E-state index is 0.0276. The Morgan fingerprint density at radius 1 is 1.04 bits per heavy atom. The van der Waals surface area contributed by atoms with Crippen molar-refractivity contribution in [2.75, 3.05) is 11.3 Å². The molecule has 9 heteroatoms. The van der Waals surface area contributed by atoms with Crippen molar-refractivity contribution < 1.29 is 22.3 Å². The minimum Gasteiger partial charge on any atom is -0.494 e. The van der Waals surface area contributed by atoms with Gasteiger partial charge in [-0.15, -0.1) is 0 Å². The number of halogens is 1. The highest BCUT2D eigenvalue weighted by atomic mass is 32.2. The van der Waals surface area contributed by atoms with E-state index < -0.39 is 15.8 Å². The summed E-state index contributed by atoms with van der Waals surface area (Å²) in [5.41, 5.74) is 0.143. The van der Waals surface area contributed by atoms with Crippen LogP contribution in [0.25, 0.3) is 0 Å². The Labute approximate surface area is 155 Å². The Balaban J connectivity index is 1.70. The average Bonchev–Trinajstić information content (AvgIpc) is 2.66. The fourth-order valence-electron chi connectivity index (χ4n) is 2.14. The number of ether oxygens (including phenoxy) is 2. The molecule has 140 valence electrons. The van der Waals surface area contributed by atoms with Gasteiger partial charge in [-0.1, -0.05) is 12.1 Å². The molecule has 0 radical (unpaired) electrons. The maximum Gasteiger partial charge on any atom is 0.322 e. The summed E-state index contributed by atoms with van der Waals surface area (Å²) >= 11 is 0. The van der Waals surface area contributed by atoms with Crippen LogP contribution in [0, 0.1) is 5.82 Å². The Kier molecular flexibility index (Phi) is 5.51. The first-order valence-electron chi connectivity index (χ1n) is 7.98. The first kappa shape index (κ1) is 18.6. The number of sulfonamides is 1. The number of nitrogens with one attached hydrogen (secondary N) is 1. The van der Waals surface area contributed by atoms with Gasteiger partial charge in [-0.2, -0.15) is 0 Å². The van der Waals surface area contributed by atoms with Gasteiger partial charge in [0.1, 0.15) is 5.75 Å². The van der Waals surface area contributed by atoms with Crippen molar-refractivity contribution in [1.29, 1.82) is 0 Å². The smallest absolute Gasteiger partial charge is 0.322 e. The molecule has 0 bridgehead atoms. The monoisotopic (exact) mass is 389 g/mol. The van der Waals surface area contributed by atoms with Gasteiger partial charge in [-0.3, -0.25) is 4.72 Å². The highest BCUT2D eigenvalue weighted by Gasteiger charge is 2.15. The summed E-state index contributed by atoms with van der Waals surface area (Å²) < 4.78 is 51.2. The van der Waals surface area contributed by atoms with Crippen molar-refractivity contribution in [1.82, 2.24) is 9.97 Å². The molecular formula is C18H16FN3O4S. The predicted octanol–water partition coefficient (Wildman–Crippen LogP) is 3.61. The lowest BCUT2D eigenvalue weighted by atomic mass is 10.3. The van der Waals surface area contributed by atoms with E-state index in [4.69, 9.17) is 9.47 Å². The van der Waals surface area contributed by atoms with Crippen molar-refractivity contribution >= 4 is 15.7 Å². The molecule has 0 aliphatic carbocycles. The standard InChI is InChI=1S/C18H16FN3O4S/c1-2-25-14-7-9-15(10-8-14)27(23,24)22-13-11-20-18(21-12-13)26-17-6-4-3-5-16(17)19/h3-12,22H,2H2,1H3. The zero-order valence-electron chi connectivity index (χ0n) is 14.3. The maximum absolute atomic E-state index is 13.6. The molecule has 0 atom stereocenters. The topological polar surface area (TPSA) is 90.4 Å². The third-order valence-electron chi connectivity index (χ3n) is 3.36. The molecule has 27 heavy (non-hydrogen) atoms. The summed E-state index contributed by atoms with van der Waals surface area (Å²) in [7, 11) is -3.81. The third kappa shape index (κ3) is 4.70. The summed E-state index contributed by atoms with van der Waals surface area (Å²) in [5, 5.41) is 0. The molecule has 1 heterocycles. The summed E-state index contributed by atoms with van der Waals surface area (Å²) in [5.74, 6) is -0.00368. The van der Waals surface area contributed by atoms with Gasteiger partial charge in [0.2, 0.25) is 0 Å². The first-order chi connectivity index (χ1) is 13.0. The summed E-state index contributed by atoms with van der Waals surface area (Å²) in [4.78, 5) is 7.84. The molecule has 0 spiro atoms. The molecule has 0 fully saturated rings. The summed E-state index contributed by atoms with van der Waals surface area (Å²) in [6.45, 7) is 2.33. The Hall–Kier alpha value is -3.20. The quantitative estimate of drug-likeness (QED) is 0.664. The van der Waals surface area contributed by atoms with Crippen LogP contribution in [0.2, 0.25) is 0 Å². The second-order valence-electron chi connectivity index (χ2n) is 5.30. The van der Waals surface area contributed by atoms with Crippen LogP contribution >= 0.6 is 0 Å². The molecule has 7 nitrogen and oxygen atoms in total. The van der Waals surface area contributed by atoms with E-state index in [1.165, 1.54) is 42.7 Å². The molecule has 0 aliphatic rings. The molecule has 0 aliphatic heterocycles. The fraction of sp³-hybridized carbons (Fsp3) is 0.111. The van der Waals surface area contributed by atoms with Crippen molar-refractivity contribution in [2.24, 2.45) is 0 Å². The van der Waals surface area contributed by atoms with Gasteiger partial charge in [0.25, 0.3) is 10.0 Å². The molecule has 0 saturated heterocycles. The highest BCUT2D eigenvalue weighted by Crippen LogP contribution is 2.22. The molecule has 0 unspecified atom stereocenters. The molecule has 2 aromatic carbocycles. The van der Waals surface area contributed by atoms with Crippen LogP contribution in [-0.4, -0.2) is 25.0 Å². The number of anilines is 1. The zero-order chi connectivity index (χ0) is 19.3. The Bertz CT molecular complexity index is 1010. The molecular weight excluding hydrogens is 373 g/mol. The van der Waals surface area contributed by atoms with E-state index in [0.29, 0.717) is 12.4 Å². The van der Waals surface area contributed by atoms with E-state index >= 15 is 0 Å². The molecule has 1 aromatic heterocycles. The second-order valence-corrected chi connectivity index (χ2v) is 6.98. The second kappa shape index (κ2) is 8.00. The van der Waals surface area contributed by atoms with Gasteiger partial charge in [0.15, 0.2) is 11.6 Å². The third-order valence-corrected chi connectivity index (χ3v) is 4.76. The van der Waals surface area contributed by atoms with Gasteiger partial charge in [0, 0.05) is 0 Å². The van der Waals surface area contributed by atoms with Crippen LogP contribution < -0.4 is 14.2 Å². The SMILES string of the molecule is CCOc1ccc(S(=O)(=O)Nc2cnc(Oc3ccccc3F)nc2)cc1. The van der Waals surface area contributed by atoms with E-state index in [0.717, 1.165) is 0 Å². The lowest BCUT2D eigenvalue weighted by molar-refractivity contribution is 0.340. The van der Waals surface area contributed by atoms with Crippen LogP contribution in [0.5, 0.6) is 17.5 Å². The fourth-order valence-corrected chi connectivity index (χ4v) is 3.17. The Morgan fingerprint density at radius 3 is 2.33 bits per heavy atom. The molecule has 0 saturated carbocycles. The van der Waals surface area contributed by atoms with Gasteiger partial charge >= 0.3 is 6.01 Å². The van der Waals surface area contributed by atoms with Gasteiger partial charge in [-0.25, -0.2) is 22.8 Å². The van der Waals surface area contributed by atoms with Crippen LogP contribution in [0.15, 0.2) is 65.8 Å². The van der Waals surface area contributed by atoms with Gasteiger partial charge in [-0.05, 0) is 43.3 Å². The van der Waals surface area contributed by atoms with Gasteiger partial charge < -0.3 is 9.47 Å². The molecule has 3 aromatic rings. The van der Waals surface area contributed by atoms with E-state index in [-0.39, 0.29) is 22.3 Å². The maximum atomic E-state index is 13.6. The normalized spacial score (nSPS) is 11.0. The Morgan fingerprint density at radius 2 is 1.70 bits per heavy atom. The van der Waals surface area contributed by atoms with Crippen molar-refractivity contribution in [2.45, 2.75) is 11.8 Å². The lowest BCUT2D eigenvalue weighted by Crippen LogP contribution is -2.13. The number of nitrogens with zero attached hydrogens (tertiary/aromatic N) is 2. The number of hydrogen-bond acceptors (Lipinski definition) is 6. The van der Waals surface area contributed by atoms with Crippen LogP contribution in [0.4, 0.5) is 10.1 Å². The lowest BCUT2D eigenvalue weighted by Gasteiger charge is -2.09. The molecule has 0 amide bonds. The predicted molar refractivity (Wildman–Crippen MR) is 96.9 cm³/mol. The van der Waals surface area contributed by atoms with Crippen LogP contribution in [0.1, 0.15) is 6.92 Å². The summed E-state index contributed by atoms with van der Waals surface area (Å²) in [6.07, 6.45) is 2.46. The molecule has 3 rings (SSSR count). The first-order valence-corrected chi connectivity index (χ1v) is 9.46. The molecule has 1 N–H and O–H groups in total. The van der Waals surface area contributed by atoms with Crippen LogP contribution in [-0.2, 0) is 10.0 Å². The van der Waals surface area contributed by atoms with Crippen molar-refractivity contribution in [3.63, 3.8) is 0 Å². The average molecular weight is 389 g/mol. The number of benzene rings is 2. The van der Waals surface area contributed by atoms with Crippen molar-refractivity contribution in [3.05, 3.63) is 66.7 Å². The number of para-hydroxylation sites is 1. The number of aromatic nitrogens is 2. The van der Waals surface area contributed by atoms with Gasteiger partial charge in [0.05, 0.1) is 29.6 Å². The highest BCUT2D eigenvalue weighted by molar-refractivity contribution is 7.92. The zero-order valence-corrected chi connectivity index (χ0v) is 15.1. The van der Waals surface area contributed by atoms with E-state index in [9.17, 15) is 12.8 Å². The number of hydrogen-bond donors (Lipinski definition) is 1. The van der Waals surface area contributed by atoms with Crippen molar-refractivity contribution in [3.8, 4) is 17.5 Å². The minimum atomic E-state index is -3.81. The summed E-state index contributed by atoms with van der Waals surface area (Å²) in [6, 6.07) is 11.7. The van der Waals surface area contributed by atoms with E-state index in [1.54, 1.807) is 18.2 Å². The number of rotatable bonds is 7. The van der Waals surface area contributed by atoms with Crippen LogP contribution in [0.3, 0.4) is 0 Å².